The second-order valence-electron chi connectivity index (χ2n) is 9.37. The molecule has 0 amide bonds. The molecule has 0 aliphatic carbocycles. The summed E-state index contributed by atoms with van der Waals surface area (Å²) in [5.41, 5.74) is -1.76. The fourth-order valence-electron chi connectivity index (χ4n) is 4.52. The Balaban J connectivity index is 1.52. The van der Waals surface area contributed by atoms with Crippen LogP contribution in [0.15, 0.2) is 36.9 Å². The van der Waals surface area contributed by atoms with Gasteiger partial charge in [-0.05, 0) is 31.4 Å². The van der Waals surface area contributed by atoms with E-state index in [0.717, 1.165) is 55.0 Å². The number of pyridine rings is 1. The first-order valence-electron chi connectivity index (χ1n) is 12.6. The summed E-state index contributed by atoms with van der Waals surface area (Å²) < 4.78 is 73.6. The third-order valence-corrected chi connectivity index (χ3v) is 8.44. The van der Waals surface area contributed by atoms with E-state index >= 15 is 8.78 Å². The number of aromatic nitrogens is 4. The molecule has 0 unspecified atom stereocenters. The molecule has 0 saturated carbocycles. The van der Waals surface area contributed by atoms with Crippen LogP contribution in [0.4, 0.5) is 24.8 Å². The van der Waals surface area contributed by atoms with Crippen LogP contribution >= 0.6 is 0 Å². The summed E-state index contributed by atoms with van der Waals surface area (Å²) in [5, 5.41) is -0.280. The van der Waals surface area contributed by atoms with E-state index in [1.807, 2.05) is 9.62 Å². The molecule has 1 fully saturated rings. The lowest BCUT2D eigenvalue weighted by Gasteiger charge is -2.26. The zero-order chi connectivity index (χ0) is 28.6. The van der Waals surface area contributed by atoms with Crippen LogP contribution in [0.25, 0.3) is 22.2 Å². The van der Waals surface area contributed by atoms with Gasteiger partial charge in [0.2, 0.25) is 11.7 Å². The molecule has 10 nitrogen and oxygen atoms in total. The van der Waals surface area contributed by atoms with Crippen LogP contribution in [0, 0.1) is 17.5 Å². The second kappa shape index (κ2) is 10.8. The van der Waals surface area contributed by atoms with E-state index in [-0.39, 0.29) is 28.7 Å². The van der Waals surface area contributed by atoms with Crippen LogP contribution in [0.1, 0.15) is 42.1 Å². The van der Waals surface area contributed by atoms with E-state index in [1.54, 1.807) is 6.92 Å². The number of H-pyrrole nitrogens is 1. The van der Waals surface area contributed by atoms with Crippen molar-refractivity contribution in [1.82, 2.24) is 24.2 Å². The van der Waals surface area contributed by atoms with Crippen molar-refractivity contribution >= 4 is 38.7 Å². The van der Waals surface area contributed by atoms with Gasteiger partial charge < -0.3 is 9.88 Å². The molecular formula is C26H26F3N7O3S. The van der Waals surface area contributed by atoms with Crippen molar-refractivity contribution in [3.05, 3.63) is 65.5 Å². The maximum atomic E-state index is 15.8. The second-order valence-corrected chi connectivity index (χ2v) is 11.1. The highest BCUT2D eigenvalue weighted by atomic mass is 32.2. The lowest BCUT2D eigenvalue weighted by molar-refractivity contribution is 0.103. The van der Waals surface area contributed by atoms with Crippen LogP contribution in [0.3, 0.4) is 0 Å². The van der Waals surface area contributed by atoms with Gasteiger partial charge in [0.05, 0.1) is 22.2 Å². The van der Waals surface area contributed by atoms with Gasteiger partial charge in [-0.15, -0.1) is 0 Å². The zero-order valence-corrected chi connectivity index (χ0v) is 22.5. The first kappa shape index (κ1) is 27.5. The quantitative estimate of drug-likeness (QED) is 0.302. The third kappa shape index (κ3) is 4.99. The molecule has 4 aromatic rings. The molecule has 0 spiro atoms. The zero-order valence-electron chi connectivity index (χ0n) is 21.7. The smallest absolute Gasteiger partial charge is 0.301 e. The number of aromatic amines is 1. The van der Waals surface area contributed by atoms with E-state index in [2.05, 4.69) is 19.9 Å². The summed E-state index contributed by atoms with van der Waals surface area (Å²) >= 11 is 0. The number of benzene rings is 1. The van der Waals surface area contributed by atoms with Crippen LogP contribution < -0.4 is 9.62 Å². The normalized spacial score (nSPS) is 14.2. The van der Waals surface area contributed by atoms with Gasteiger partial charge in [0, 0.05) is 62.6 Å². The van der Waals surface area contributed by atoms with Crippen molar-refractivity contribution in [3.8, 4) is 11.1 Å². The Labute approximate surface area is 228 Å². The molecule has 4 heterocycles. The predicted molar refractivity (Wildman–Crippen MR) is 144 cm³/mol. The Hall–Kier alpha value is -4.04. The van der Waals surface area contributed by atoms with E-state index in [9.17, 15) is 17.6 Å². The van der Waals surface area contributed by atoms with E-state index < -0.39 is 44.7 Å². The molecular weight excluding hydrogens is 547 g/mol. The van der Waals surface area contributed by atoms with Gasteiger partial charge in [-0.1, -0.05) is 6.92 Å². The lowest BCUT2D eigenvalue weighted by atomic mass is 10.00. The Kier molecular flexibility index (Phi) is 7.47. The van der Waals surface area contributed by atoms with Crippen LogP contribution in [0.2, 0.25) is 0 Å². The Morgan fingerprint density at radius 3 is 2.42 bits per heavy atom. The molecule has 5 rings (SSSR count). The lowest BCUT2D eigenvalue weighted by Crippen LogP contribution is -2.32. The third-order valence-electron chi connectivity index (χ3n) is 6.88. The summed E-state index contributed by atoms with van der Waals surface area (Å²) in [7, 11) is -2.90. The van der Waals surface area contributed by atoms with Gasteiger partial charge in [0.25, 0.3) is 0 Å². The summed E-state index contributed by atoms with van der Waals surface area (Å²) in [5.74, 6) is -4.19. The van der Waals surface area contributed by atoms with Gasteiger partial charge >= 0.3 is 10.2 Å². The summed E-state index contributed by atoms with van der Waals surface area (Å²) in [6, 6.07) is 1.63. The number of rotatable bonds is 8. The molecule has 210 valence electrons. The number of nitrogens with zero attached hydrogens (tertiary/aromatic N) is 5. The van der Waals surface area contributed by atoms with Crippen molar-refractivity contribution in [1.29, 1.82) is 0 Å². The van der Waals surface area contributed by atoms with Gasteiger partial charge in [-0.25, -0.2) is 28.1 Å². The maximum Gasteiger partial charge on any atom is 0.301 e. The van der Waals surface area contributed by atoms with E-state index in [1.165, 1.54) is 25.6 Å². The predicted octanol–water partition coefficient (Wildman–Crippen LogP) is 4.27. The number of fused-ring (bicyclic) bond motifs is 1. The molecule has 0 atom stereocenters. The number of hydrogen-bond donors (Lipinski definition) is 2. The molecule has 1 saturated heterocycles. The molecule has 3 aromatic heterocycles. The number of ketones is 1. The summed E-state index contributed by atoms with van der Waals surface area (Å²) in [4.78, 5) is 31.0. The fourth-order valence-corrected chi connectivity index (χ4v) is 5.45. The molecule has 1 aromatic carbocycles. The number of nitrogens with one attached hydrogen (secondary N) is 2. The van der Waals surface area contributed by atoms with Gasteiger partial charge in [-0.2, -0.15) is 12.7 Å². The number of anilines is 2. The average Bonchev–Trinajstić information content (AvgIpc) is 3.40. The fraction of sp³-hybridized carbons (Fsp3) is 0.308. The first-order valence-corrected chi connectivity index (χ1v) is 14.1. The van der Waals surface area contributed by atoms with Crippen LogP contribution in [-0.2, 0) is 10.2 Å². The van der Waals surface area contributed by atoms with Crippen LogP contribution in [-0.4, -0.2) is 65.1 Å². The highest BCUT2D eigenvalue weighted by molar-refractivity contribution is 7.90. The van der Waals surface area contributed by atoms with E-state index in [4.69, 9.17) is 0 Å². The van der Waals surface area contributed by atoms with Crippen molar-refractivity contribution in [2.45, 2.75) is 26.2 Å². The van der Waals surface area contributed by atoms with E-state index in [0.29, 0.717) is 11.5 Å². The minimum Gasteiger partial charge on any atom is -0.345 e. The Morgan fingerprint density at radius 1 is 1.05 bits per heavy atom. The van der Waals surface area contributed by atoms with Crippen molar-refractivity contribution in [3.63, 3.8) is 0 Å². The number of halogens is 3. The first-order chi connectivity index (χ1) is 19.1. The molecule has 2 N–H and O–H groups in total. The van der Waals surface area contributed by atoms with Gasteiger partial charge in [-0.3, -0.25) is 9.52 Å². The maximum absolute atomic E-state index is 15.8. The minimum absolute atomic E-state index is 0.00333. The molecule has 1 aliphatic heterocycles. The minimum atomic E-state index is -4.16. The number of hydrogen-bond acceptors (Lipinski definition) is 7. The molecule has 1 aliphatic rings. The topological polar surface area (TPSA) is 124 Å². The van der Waals surface area contributed by atoms with Crippen molar-refractivity contribution in [2.75, 3.05) is 36.3 Å². The van der Waals surface area contributed by atoms with Crippen molar-refractivity contribution in [2.24, 2.45) is 0 Å². The number of piperidine rings is 1. The van der Waals surface area contributed by atoms with Crippen LogP contribution in [0.5, 0.6) is 0 Å². The number of carbonyl (C=O) groups excluding carboxylic acids is 1. The number of carbonyl (C=O) groups is 1. The highest BCUT2D eigenvalue weighted by Crippen LogP contribution is 2.32. The molecule has 40 heavy (non-hydrogen) atoms. The average molecular weight is 574 g/mol. The summed E-state index contributed by atoms with van der Waals surface area (Å²) in [6.45, 7) is 3.32. The van der Waals surface area contributed by atoms with Gasteiger partial charge in [0.1, 0.15) is 17.3 Å². The van der Waals surface area contributed by atoms with Crippen molar-refractivity contribution < 1.29 is 26.4 Å². The molecule has 0 bridgehead atoms. The SMILES string of the molecule is CCN(C)S(=O)(=O)Nc1ccc(F)c(C(=O)c2c[nH]c3ncc(-c4cnc(N5CCCCC5)nc4)c(F)c23)c1F. The highest BCUT2D eigenvalue weighted by Gasteiger charge is 2.28. The monoisotopic (exact) mass is 573 g/mol. The van der Waals surface area contributed by atoms with Gasteiger partial charge in [0.15, 0.2) is 5.82 Å². The standard InChI is InChI=1S/C26H26F3N7O3S/c1-3-35(2)40(38,39)34-19-8-7-18(27)21(23(19)29)24(37)17-14-31-25-20(17)22(28)16(13-30-25)15-11-32-26(33-12-15)36-9-5-4-6-10-36/h7-8,11-14,34H,3-6,9-10H2,1-2H3,(H,30,31). The Bertz CT molecular complexity index is 1690. The summed E-state index contributed by atoms with van der Waals surface area (Å²) in [6.07, 6.45) is 8.49. The molecule has 14 heteroatoms. The molecule has 0 radical (unpaired) electrons. The largest absolute Gasteiger partial charge is 0.345 e. The Morgan fingerprint density at radius 2 is 1.75 bits per heavy atom.